The number of hydrogen-bond donors (Lipinski definition) is 1. The molecule has 0 aromatic heterocycles. The fourth-order valence-electron chi connectivity index (χ4n) is 2.65. The number of nitrogens with one attached hydrogen (secondary N) is 1. The predicted octanol–water partition coefficient (Wildman–Crippen LogP) is 4.70. The van der Waals surface area contributed by atoms with E-state index >= 15 is 0 Å². The lowest BCUT2D eigenvalue weighted by Gasteiger charge is -2.28. The third-order valence-electron chi connectivity index (χ3n) is 3.73. The minimum atomic E-state index is -4.67. The maximum absolute atomic E-state index is 13.2. The molecular weight excluding hydrogens is 373 g/mol. The van der Waals surface area contributed by atoms with Gasteiger partial charge in [-0.25, -0.2) is 4.79 Å². The topological polar surface area (TPSA) is 58.6 Å². The van der Waals surface area contributed by atoms with Crippen LogP contribution in [0.4, 0.5) is 23.7 Å². The lowest BCUT2D eigenvalue weighted by molar-refractivity contribution is -0.137. The highest BCUT2D eigenvalue weighted by Gasteiger charge is 2.38. The maximum atomic E-state index is 13.2. The Balaban J connectivity index is 2.18. The number of nitrogens with zero attached hydrogens (tertiary/aromatic N) is 1. The molecule has 144 valence electrons. The molecule has 0 spiro atoms. The summed E-state index contributed by atoms with van der Waals surface area (Å²) in [5.74, 6) is -0.693. The van der Waals surface area contributed by atoms with E-state index in [2.05, 4.69) is 5.32 Å². The first-order valence-electron chi connectivity index (χ1n) is 8.06. The minimum absolute atomic E-state index is 0.0911. The van der Waals surface area contributed by atoms with Crippen molar-refractivity contribution in [2.45, 2.75) is 51.4 Å². The molecule has 1 atom stereocenters. The fourth-order valence-corrected chi connectivity index (χ4v) is 2.83. The Bertz CT molecular complexity index is 701. The summed E-state index contributed by atoms with van der Waals surface area (Å²) < 4.78 is 44.7. The molecule has 2 rings (SSSR count). The Morgan fingerprint density at radius 1 is 1.27 bits per heavy atom. The molecule has 1 aromatic rings. The molecule has 1 N–H and O–H groups in total. The van der Waals surface area contributed by atoms with E-state index in [1.807, 2.05) is 0 Å². The average molecular weight is 393 g/mol. The highest BCUT2D eigenvalue weighted by molar-refractivity contribution is 6.30. The predicted molar refractivity (Wildman–Crippen MR) is 91.0 cm³/mol. The zero-order valence-corrected chi connectivity index (χ0v) is 15.4. The van der Waals surface area contributed by atoms with Crippen LogP contribution in [0.15, 0.2) is 18.2 Å². The van der Waals surface area contributed by atoms with Gasteiger partial charge in [-0.3, -0.25) is 9.69 Å². The number of benzene rings is 1. The summed E-state index contributed by atoms with van der Waals surface area (Å²) in [5, 5.41) is 2.18. The van der Waals surface area contributed by atoms with E-state index in [4.69, 9.17) is 16.3 Å². The number of alkyl halides is 3. The number of carbonyl (C=O) groups excluding carboxylic acids is 2. The molecule has 1 fully saturated rings. The average Bonchev–Trinajstić information content (AvgIpc) is 2.96. The summed E-state index contributed by atoms with van der Waals surface area (Å²) >= 11 is 5.63. The van der Waals surface area contributed by atoms with E-state index in [0.29, 0.717) is 19.4 Å². The van der Waals surface area contributed by atoms with Crippen LogP contribution in [0.2, 0.25) is 5.02 Å². The van der Waals surface area contributed by atoms with Crippen LogP contribution in [0.5, 0.6) is 0 Å². The van der Waals surface area contributed by atoms with Gasteiger partial charge < -0.3 is 10.1 Å². The van der Waals surface area contributed by atoms with E-state index in [1.165, 1.54) is 11.0 Å². The second-order valence-corrected chi connectivity index (χ2v) is 7.45. The van der Waals surface area contributed by atoms with Gasteiger partial charge in [0.25, 0.3) is 0 Å². The van der Waals surface area contributed by atoms with Crippen LogP contribution >= 0.6 is 11.6 Å². The third-order valence-corrected chi connectivity index (χ3v) is 3.96. The van der Waals surface area contributed by atoms with Crippen LogP contribution in [-0.2, 0) is 15.7 Å². The second-order valence-electron chi connectivity index (χ2n) is 7.01. The molecule has 26 heavy (non-hydrogen) atoms. The molecule has 1 aliphatic heterocycles. The first-order chi connectivity index (χ1) is 11.9. The number of hydrogen-bond acceptors (Lipinski definition) is 3. The molecule has 0 aliphatic carbocycles. The maximum Gasteiger partial charge on any atom is 0.418 e. The number of halogens is 4. The van der Waals surface area contributed by atoms with Crippen molar-refractivity contribution in [3.63, 3.8) is 0 Å². The van der Waals surface area contributed by atoms with Crippen LogP contribution in [0, 0.1) is 0 Å². The van der Waals surface area contributed by atoms with Gasteiger partial charge in [0.2, 0.25) is 5.91 Å². The molecule has 2 amide bonds. The summed E-state index contributed by atoms with van der Waals surface area (Å²) in [6.45, 7) is 5.39. The number of likely N-dealkylation sites (tertiary alicyclic amines) is 1. The zero-order valence-electron chi connectivity index (χ0n) is 14.6. The van der Waals surface area contributed by atoms with E-state index in [1.54, 1.807) is 20.8 Å². The molecule has 0 radical (unpaired) electrons. The van der Waals surface area contributed by atoms with Gasteiger partial charge in [0.15, 0.2) is 0 Å². The van der Waals surface area contributed by atoms with Gasteiger partial charge in [0.1, 0.15) is 11.6 Å². The molecule has 9 heteroatoms. The van der Waals surface area contributed by atoms with Crippen LogP contribution < -0.4 is 5.32 Å². The van der Waals surface area contributed by atoms with Gasteiger partial charge >= 0.3 is 12.3 Å². The molecule has 1 heterocycles. The SMILES string of the molecule is CC(C)(C)OC(=O)N1CCCC1C(=O)Nc1ccc(Cl)cc1C(F)(F)F. The highest BCUT2D eigenvalue weighted by Crippen LogP contribution is 2.37. The Labute approximate surface area is 154 Å². The number of carbonyl (C=O) groups is 2. The van der Waals surface area contributed by atoms with E-state index in [9.17, 15) is 22.8 Å². The number of anilines is 1. The van der Waals surface area contributed by atoms with Gasteiger partial charge in [-0.05, 0) is 51.8 Å². The summed E-state index contributed by atoms with van der Waals surface area (Å²) in [4.78, 5) is 26.0. The summed E-state index contributed by atoms with van der Waals surface area (Å²) in [6, 6.07) is 2.21. The second kappa shape index (κ2) is 7.34. The van der Waals surface area contributed by atoms with E-state index in [-0.39, 0.29) is 5.02 Å². The largest absolute Gasteiger partial charge is 0.444 e. The van der Waals surface area contributed by atoms with Crippen molar-refractivity contribution in [3.8, 4) is 0 Å². The lowest BCUT2D eigenvalue weighted by atomic mass is 10.1. The molecule has 1 aliphatic rings. The van der Waals surface area contributed by atoms with Crippen molar-refractivity contribution in [1.29, 1.82) is 0 Å². The van der Waals surface area contributed by atoms with Crippen molar-refractivity contribution in [2.75, 3.05) is 11.9 Å². The summed E-state index contributed by atoms with van der Waals surface area (Å²) in [5.41, 5.74) is -2.18. The quantitative estimate of drug-likeness (QED) is 0.793. The Morgan fingerprint density at radius 2 is 1.92 bits per heavy atom. The Morgan fingerprint density at radius 3 is 2.50 bits per heavy atom. The molecule has 5 nitrogen and oxygen atoms in total. The Hall–Kier alpha value is -1.96. The van der Waals surface area contributed by atoms with Crippen LogP contribution in [0.1, 0.15) is 39.2 Å². The first kappa shape index (κ1) is 20.4. The summed E-state index contributed by atoms with van der Waals surface area (Å²) in [7, 11) is 0. The lowest BCUT2D eigenvalue weighted by Crippen LogP contribution is -2.45. The van der Waals surface area contributed by atoms with E-state index < -0.39 is 41.1 Å². The van der Waals surface area contributed by atoms with Gasteiger partial charge in [-0.1, -0.05) is 11.6 Å². The molecule has 0 saturated carbocycles. The molecule has 1 saturated heterocycles. The molecule has 1 aromatic carbocycles. The molecule has 0 bridgehead atoms. The van der Waals surface area contributed by atoms with Crippen molar-refractivity contribution >= 4 is 29.3 Å². The standard InChI is InChI=1S/C17H20ClF3N2O3/c1-16(2,3)26-15(25)23-8-4-5-13(23)14(24)22-12-7-6-10(18)9-11(12)17(19,20)21/h6-7,9,13H,4-5,8H2,1-3H3,(H,22,24). The smallest absolute Gasteiger partial charge is 0.418 e. The number of amides is 2. The van der Waals surface area contributed by atoms with Crippen LogP contribution in [0.3, 0.4) is 0 Å². The van der Waals surface area contributed by atoms with Gasteiger partial charge in [-0.2, -0.15) is 13.2 Å². The van der Waals surface area contributed by atoms with E-state index in [0.717, 1.165) is 12.1 Å². The van der Waals surface area contributed by atoms with Crippen molar-refractivity contribution < 1.29 is 27.5 Å². The number of rotatable bonds is 2. The van der Waals surface area contributed by atoms with Crippen molar-refractivity contribution in [2.24, 2.45) is 0 Å². The third kappa shape index (κ3) is 5.03. The van der Waals surface area contributed by atoms with Gasteiger partial charge in [-0.15, -0.1) is 0 Å². The fraction of sp³-hybridized carbons (Fsp3) is 0.529. The minimum Gasteiger partial charge on any atom is -0.444 e. The zero-order chi connectivity index (χ0) is 19.7. The Kier molecular flexibility index (Phi) is 5.75. The summed E-state index contributed by atoms with van der Waals surface area (Å²) in [6.07, 6.45) is -4.43. The number of ether oxygens (including phenoxy) is 1. The monoisotopic (exact) mass is 392 g/mol. The normalized spacial score (nSPS) is 18.0. The van der Waals surface area contributed by atoms with Crippen molar-refractivity contribution in [1.82, 2.24) is 4.90 Å². The first-order valence-corrected chi connectivity index (χ1v) is 8.43. The van der Waals surface area contributed by atoms with Crippen molar-refractivity contribution in [3.05, 3.63) is 28.8 Å². The van der Waals surface area contributed by atoms with Gasteiger partial charge in [0.05, 0.1) is 11.3 Å². The molecule has 1 unspecified atom stereocenters. The van der Waals surface area contributed by atoms with Crippen LogP contribution in [0.25, 0.3) is 0 Å². The highest BCUT2D eigenvalue weighted by atomic mass is 35.5. The molecular formula is C17H20ClF3N2O3. The van der Waals surface area contributed by atoms with Gasteiger partial charge in [0, 0.05) is 11.6 Å². The van der Waals surface area contributed by atoms with Crippen LogP contribution in [-0.4, -0.2) is 35.1 Å².